The summed E-state index contributed by atoms with van der Waals surface area (Å²) >= 11 is 3.42. The Labute approximate surface area is 105 Å². The summed E-state index contributed by atoms with van der Waals surface area (Å²) in [5.74, 6) is 2.00. The quantitative estimate of drug-likeness (QED) is 0.650. The smallest absolute Gasteiger partial charge is 0.174 e. The Morgan fingerprint density at radius 1 is 1.56 bits per heavy atom. The maximum absolute atomic E-state index is 4.02. The Morgan fingerprint density at radius 3 is 3.25 bits per heavy atom. The van der Waals surface area contributed by atoms with E-state index in [9.17, 15) is 0 Å². The van der Waals surface area contributed by atoms with Crippen LogP contribution in [0.5, 0.6) is 0 Å². The summed E-state index contributed by atoms with van der Waals surface area (Å²) in [6, 6.07) is 0.749. The van der Waals surface area contributed by atoms with Crippen LogP contribution in [0.15, 0.2) is 9.85 Å². The van der Waals surface area contributed by atoms with Gasteiger partial charge in [0.05, 0.1) is 0 Å². The normalized spacial score (nSPS) is 25.8. The fourth-order valence-electron chi connectivity index (χ4n) is 2.25. The van der Waals surface area contributed by atoms with Crippen molar-refractivity contribution in [3.05, 3.63) is 5.51 Å². The highest BCUT2D eigenvalue weighted by molar-refractivity contribution is 8.01. The van der Waals surface area contributed by atoms with E-state index >= 15 is 0 Å². The Bertz CT molecular complexity index is 289. The number of nitrogens with zero attached hydrogens (tertiary/aromatic N) is 2. The summed E-state index contributed by atoms with van der Waals surface area (Å²) in [7, 11) is 0. The van der Waals surface area contributed by atoms with Gasteiger partial charge in [0.25, 0.3) is 0 Å². The molecule has 0 aliphatic heterocycles. The van der Waals surface area contributed by atoms with Gasteiger partial charge in [0.1, 0.15) is 5.51 Å². The molecule has 1 aromatic heterocycles. The van der Waals surface area contributed by atoms with E-state index in [-0.39, 0.29) is 0 Å². The predicted molar refractivity (Wildman–Crippen MR) is 70.1 cm³/mol. The summed E-state index contributed by atoms with van der Waals surface area (Å²) in [4.78, 5) is 0. The van der Waals surface area contributed by atoms with Gasteiger partial charge in [0.2, 0.25) is 0 Å². The first-order valence-electron chi connectivity index (χ1n) is 5.97. The largest absolute Gasteiger partial charge is 0.313 e. The van der Waals surface area contributed by atoms with Crippen LogP contribution in [0.4, 0.5) is 0 Å². The number of nitrogens with one attached hydrogen (secondary N) is 1. The second-order valence-corrected chi connectivity index (χ2v) is 6.65. The molecule has 3 nitrogen and oxygen atoms in total. The molecule has 16 heavy (non-hydrogen) atoms. The molecule has 0 radical (unpaired) electrons. The molecule has 1 aromatic rings. The molecule has 5 heteroatoms. The third-order valence-corrected chi connectivity index (χ3v) is 4.90. The third kappa shape index (κ3) is 4.03. The van der Waals surface area contributed by atoms with E-state index in [2.05, 4.69) is 22.4 Å². The Hall–Kier alpha value is -0.130. The van der Waals surface area contributed by atoms with Gasteiger partial charge in [-0.1, -0.05) is 42.9 Å². The number of aromatic nitrogens is 2. The third-order valence-electron chi connectivity index (χ3n) is 3.04. The van der Waals surface area contributed by atoms with Crippen molar-refractivity contribution in [1.82, 2.24) is 15.5 Å². The zero-order valence-electron chi connectivity index (χ0n) is 9.69. The predicted octanol–water partition coefficient (Wildman–Crippen LogP) is 2.80. The van der Waals surface area contributed by atoms with Crippen LogP contribution in [0.3, 0.4) is 0 Å². The summed E-state index contributed by atoms with van der Waals surface area (Å²) in [5.41, 5.74) is 1.79. The van der Waals surface area contributed by atoms with Gasteiger partial charge in [-0.15, -0.1) is 10.2 Å². The molecule has 0 bridgehead atoms. The van der Waals surface area contributed by atoms with Gasteiger partial charge in [0.15, 0.2) is 4.34 Å². The molecule has 1 heterocycles. The lowest BCUT2D eigenvalue weighted by Gasteiger charge is -2.27. The van der Waals surface area contributed by atoms with Crippen LogP contribution < -0.4 is 5.32 Å². The van der Waals surface area contributed by atoms with Crippen LogP contribution >= 0.6 is 23.1 Å². The highest BCUT2D eigenvalue weighted by Gasteiger charge is 2.17. The van der Waals surface area contributed by atoms with E-state index in [0.29, 0.717) is 0 Å². The van der Waals surface area contributed by atoms with E-state index in [1.807, 2.05) is 0 Å². The second kappa shape index (κ2) is 6.57. The number of hydrogen-bond donors (Lipinski definition) is 1. The van der Waals surface area contributed by atoms with E-state index in [1.165, 1.54) is 25.7 Å². The standard InChI is InChI=1S/C11H19N3S2/c1-9-3-2-4-10(7-9)12-5-6-15-11-14-13-8-16-11/h8-10,12H,2-7H2,1H3. The first-order valence-corrected chi connectivity index (χ1v) is 7.83. The molecule has 1 N–H and O–H groups in total. The fraction of sp³-hybridized carbons (Fsp3) is 0.818. The lowest BCUT2D eigenvalue weighted by molar-refractivity contribution is 0.306. The number of hydrogen-bond acceptors (Lipinski definition) is 5. The molecule has 0 amide bonds. The van der Waals surface area contributed by atoms with Crippen molar-refractivity contribution in [2.24, 2.45) is 5.92 Å². The Kier molecular flexibility index (Phi) is 5.06. The maximum atomic E-state index is 4.02. The molecule has 1 aliphatic rings. The topological polar surface area (TPSA) is 37.8 Å². The summed E-state index contributed by atoms with van der Waals surface area (Å²) < 4.78 is 1.08. The van der Waals surface area contributed by atoms with E-state index in [0.717, 1.165) is 28.6 Å². The second-order valence-electron chi connectivity index (χ2n) is 4.48. The summed E-state index contributed by atoms with van der Waals surface area (Å²) in [6.45, 7) is 3.45. The van der Waals surface area contributed by atoms with Gasteiger partial charge >= 0.3 is 0 Å². The molecule has 2 atom stereocenters. The average Bonchev–Trinajstić information content (AvgIpc) is 2.77. The molecule has 1 saturated carbocycles. The van der Waals surface area contributed by atoms with E-state index in [4.69, 9.17) is 0 Å². The minimum Gasteiger partial charge on any atom is -0.313 e. The van der Waals surface area contributed by atoms with Gasteiger partial charge in [-0.25, -0.2) is 0 Å². The van der Waals surface area contributed by atoms with Crippen LogP contribution in [0.25, 0.3) is 0 Å². The summed E-state index contributed by atoms with van der Waals surface area (Å²) in [5, 5.41) is 11.5. The highest BCUT2D eigenvalue weighted by atomic mass is 32.2. The maximum Gasteiger partial charge on any atom is 0.174 e. The van der Waals surface area contributed by atoms with Crippen molar-refractivity contribution in [3.63, 3.8) is 0 Å². The van der Waals surface area contributed by atoms with Crippen LogP contribution in [0, 0.1) is 5.92 Å². The van der Waals surface area contributed by atoms with Gasteiger partial charge in [-0.05, 0) is 18.8 Å². The zero-order valence-corrected chi connectivity index (χ0v) is 11.3. The van der Waals surface area contributed by atoms with Crippen LogP contribution in [-0.2, 0) is 0 Å². The molecule has 2 rings (SSSR count). The van der Waals surface area contributed by atoms with Crippen LogP contribution in [0.2, 0.25) is 0 Å². The van der Waals surface area contributed by atoms with Gasteiger partial charge in [0, 0.05) is 18.3 Å². The van der Waals surface area contributed by atoms with E-state index < -0.39 is 0 Å². The molecule has 0 saturated heterocycles. The van der Waals surface area contributed by atoms with Crippen molar-refractivity contribution in [3.8, 4) is 0 Å². The minimum atomic E-state index is 0.749. The van der Waals surface area contributed by atoms with Crippen molar-refractivity contribution >= 4 is 23.1 Å². The fourth-order valence-corrected chi connectivity index (χ4v) is 3.68. The van der Waals surface area contributed by atoms with Gasteiger partial charge in [-0.3, -0.25) is 0 Å². The van der Waals surface area contributed by atoms with Gasteiger partial charge < -0.3 is 5.32 Å². The first-order chi connectivity index (χ1) is 7.84. The molecule has 0 spiro atoms. The molecule has 0 aromatic carbocycles. The SMILES string of the molecule is CC1CCCC(NCCSc2nncs2)C1. The monoisotopic (exact) mass is 257 g/mol. The number of rotatable bonds is 5. The minimum absolute atomic E-state index is 0.749. The zero-order chi connectivity index (χ0) is 11.2. The lowest BCUT2D eigenvalue weighted by atomic mass is 9.87. The molecule has 1 aliphatic carbocycles. The van der Waals surface area contributed by atoms with Crippen LogP contribution in [0.1, 0.15) is 32.6 Å². The molecule has 2 unspecified atom stereocenters. The highest BCUT2D eigenvalue weighted by Crippen LogP contribution is 2.23. The van der Waals surface area contributed by atoms with Crippen molar-refractivity contribution < 1.29 is 0 Å². The Balaban J connectivity index is 1.57. The summed E-state index contributed by atoms with van der Waals surface area (Å²) in [6.07, 6.45) is 5.51. The molecular weight excluding hydrogens is 238 g/mol. The van der Waals surface area contributed by atoms with Crippen LogP contribution in [-0.4, -0.2) is 28.5 Å². The number of thioether (sulfide) groups is 1. The van der Waals surface area contributed by atoms with Crippen molar-refractivity contribution in [1.29, 1.82) is 0 Å². The van der Waals surface area contributed by atoms with Crippen molar-refractivity contribution in [2.45, 2.75) is 43.0 Å². The first kappa shape index (κ1) is 12.3. The lowest BCUT2D eigenvalue weighted by Crippen LogP contribution is -2.34. The average molecular weight is 257 g/mol. The molecule has 90 valence electrons. The van der Waals surface area contributed by atoms with Gasteiger partial charge in [-0.2, -0.15) is 0 Å². The van der Waals surface area contributed by atoms with E-state index in [1.54, 1.807) is 28.6 Å². The Morgan fingerprint density at radius 2 is 2.50 bits per heavy atom. The molecular formula is C11H19N3S2. The molecule has 1 fully saturated rings. The van der Waals surface area contributed by atoms with Crippen molar-refractivity contribution in [2.75, 3.05) is 12.3 Å².